The van der Waals surface area contributed by atoms with Crippen molar-refractivity contribution in [2.75, 3.05) is 11.9 Å². The molecule has 1 aromatic heterocycles. The summed E-state index contributed by atoms with van der Waals surface area (Å²) in [5, 5.41) is 4.93. The second-order valence-electron chi connectivity index (χ2n) is 4.90. The van der Waals surface area contributed by atoms with Crippen molar-refractivity contribution in [3.05, 3.63) is 46.3 Å². The summed E-state index contributed by atoms with van der Waals surface area (Å²) in [6.45, 7) is 0.989. The number of hydrogen-bond donors (Lipinski definition) is 2. The highest BCUT2D eigenvalue weighted by Crippen LogP contribution is 2.22. The third-order valence-corrected chi connectivity index (χ3v) is 4.07. The Labute approximate surface area is 152 Å². The van der Waals surface area contributed by atoms with Gasteiger partial charge >= 0.3 is 5.97 Å². The molecule has 0 aliphatic heterocycles. The van der Waals surface area contributed by atoms with Crippen LogP contribution in [0.1, 0.15) is 17.3 Å². The number of thiophene rings is 1. The van der Waals surface area contributed by atoms with Gasteiger partial charge in [-0.2, -0.15) is 0 Å². The van der Waals surface area contributed by atoms with Crippen LogP contribution in [0.4, 0.5) is 5.00 Å². The third-order valence-electron chi connectivity index (χ3n) is 2.99. The molecule has 0 bridgehead atoms. The quantitative estimate of drug-likeness (QED) is 0.715. The van der Waals surface area contributed by atoms with Crippen molar-refractivity contribution in [3.63, 3.8) is 0 Å². The summed E-state index contributed by atoms with van der Waals surface area (Å²) < 4.78 is 10.3. The average molecular weight is 383 g/mol. The van der Waals surface area contributed by atoms with Crippen molar-refractivity contribution in [2.24, 2.45) is 5.73 Å². The first-order valence-electron chi connectivity index (χ1n) is 7.13. The Morgan fingerprint density at radius 2 is 1.92 bits per heavy atom. The van der Waals surface area contributed by atoms with Crippen LogP contribution in [0.5, 0.6) is 5.75 Å². The third kappa shape index (κ3) is 5.47. The zero-order chi connectivity index (χ0) is 18.4. The zero-order valence-electron chi connectivity index (χ0n) is 13.2. The lowest BCUT2D eigenvalue weighted by molar-refractivity contribution is -0.153. The van der Waals surface area contributed by atoms with Crippen molar-refractivity contribution < 1.29 is 23.9 Å². The van der Waals surface area contributed by atoms with Crippen LogP contribution >= 0.6 is 22.9 Å². The number of esters is 1. The summed E-state index contributed by atoms with van der Waals surface area (Å²) in [6.07, 6.45) is -0.906. The van der Waals surface area contributed by atoms with Crippen LogP contribution in [0.2, 0.25) is 5.02 Å². The number of carbonyl (C=O) groups is 3. The van der Waals surface area contributed by atoms with E-state index in [1.54, 1.807) is 29.6 Å². The van der Waals surface area contributed by atoms with Gasteiger partial charge in [-0.25, -0.2) is 4.79 Å². The molecule has 2 amide bonds. The molecule has 1 aromatic carbocycles. The van der Waals surface area contributed by atoms with E-state index < -0.39 is 30.5 Å². The lowest BCUT2D eigenvalue weighted by atomic mass is 10.3. The Hall–Kier alpha value is -2.58. The molecule has 0 spiro atoms. The predicted molar refractivity (Wildman–Crippen MR) is 94.0 cm³/mol. The van der Waals surface area contributed by atoms with Gasteiger partial charge in [-0.05, 0) is 42.6 Å². The molecule has 3 N–H and O–H groups in total. The smallest absolute Gasteiger partial charge is 0.347 e. The highest BCUT2D eigenvalue weighted by Gasteiger charge is 2.19. The SMILES string of the molecule is C[C@@H](Oc1ccc(Cl)cc1)C(=O)OCC(=O)Nc1sccc1C(N)=O. The van der Waals surface area contributed by atoms with Crippen LogP contribution in [-0.2, 0) is 14.3 Å². The second-order valence-corrected chi connectivity index (χ2v) is 6.25. The van der Waals surface area contributed by atoms with Gasteiger partial charge in [0.1, 0.15) is 10.8 Å². The van der Waals surface area contributed by atoms with Gasteiger partial charge in [0.05, 0.1) is 5.56 Å². The Kier molecular flexibility index (Phi) is 6.37. The van der Waals surface area contributed by atoms with E-state index >= 15 is 0 Å². The molecule has 9 heteroatoms. The molecule has 0 saturated carbocycles. The fourth-order valence-corrected chi connectivity index (χ4v) is 2.72. The highest BCUT2D eigenvalue weighted by atomic mass is 35.5. The fraction of sp³-hybridized carbons (Fsp3) is 0.188. The van der Waals surface area contributed by atoms with E-state index in [2.05, 4.69) is 5.32 Å². The second kappa shape index (κ2) is 8.50. The Balaban J connectivity index is 1.82. The monoisotopic (exact) mass is 382 g/mol. The van der Waals surface area contributed by atoms with E-state index in [0.717, 1.165) is 11.3 Å². The standard InChI is InChI=1S/C16H15ClN2O5S/c1-9(24-11-4-2-10(17)3-5-11)16(22)23-8-13(20)19-15-12(14(18)21)6-7-25-15/h2-7,9H,8H2,1H3,(H2,18,21)(H,19,20)/t9-/m1/s1. The number of rotatable bonds is 7. The molecule has 132 valence electrons. The summed E-state index contributed by atoms with van der Waals surface area (Å²) in [5.41, 5.74) is 5.38. The molecule has 0 aliphatic carbocycles. The molecule has 0 unspecified atom stereocenters. The van der Waals surface area contributed by atoms with Crippen LogP contribution in [-0.4, -0.2) is 30.5 Å². The van der Waals surface area contributed by atoms with Crippen molar-refractivity contribution in [3.8, 4) is 5.75 Å². The summed E-state index contributed by atoms with van der Waals surface area (Å²) >= 11 is 6.91. The molecule has 0 saturated heterocycles. The average Bonchev–Trinajstić information content (AvgIpc) is 3.03. The summed E-state index contributed by atoms with van der Waals surface area (Å²) in [7, 11) is 0. The van der Waals surface area contributed by atoms with Gasteiger partial charge in [-0.1, -0.05) is 11.6 Å². The zero-order valence-corrected chi connectivity index (χ0v) is 14.7. The van der Waals surface area contributed by atoms with Crippen LogP contribution in [0.3, 0.4) is 0 Å². The number of carbonyl (C=O) groups excluding carboxylic acids is 3. The van der Waals surface area contributed by atoms with Crippen molar-refractivity contribution >= 4 is 45.7 Å². The number of primary amides is 1. The van der Waals surface area contributed by atoms with Gasteiger partial charge in [0.25, 0.3) is 11.8 Å². The number of hydrogen-bond acceptors (Lipinski definition) is 6. The predicted octanol–water partition coefficient (Wildman–Crippen LogP) is 2.45. The number of anilines is 1. The number of benzene rings is 1. The molecular weight excluding hydrogens is 368 g/mol. The summed E-state index contributed by atoms with van der Waals surface area (Å²) in [5.74, 6) is -1.50. The van der Waals surface area contributed by atoms with Crippen LogP contribution in [0.15, 0.2) is 35.7 Å². The first kappa shape index (κ1) is 18.8. The Morgan fingerprint density at radius 1 is 1.24 bits per heavy atom. The molecule has 2 aromatic rings. The first-order chi connectivity index (χ1) is 11.9. The maximum atomic E-state index is 11.9. The summed E-state index contributed by atoms with van der Waals surface area (Å²) in [6, 6.07) is 7.97. The highest BCUT2D eigenvalue weighted by molar-refractivity contribution is 7.14. The molecule has 2 rings (SSSR count). The first-order valence-corrected chi connectivity index (χ1v) is 8.38. The molecule has 0 radical (unpaired) electrons. The van der Waals surface area contributed by atoms with Gasteiger partial charge in [-0.15, -0.1) is 11.3 Å². The van der Waals surface area contributed by atoms with Gasteiger partial charge < -0.3 is 20.5 Å². The van der Waals surface area contributed by atoms with Gasteiger partial charge in [-0.3, -0.25) is 9.59 Å². The lowest BCUT2D eigenvalue weighted by Crippen LogP contribution is -2.30. The van der Waals surface area contributed by atoms with Crippen molar-refractivity contribution in [1.29, 1.82) is 0 Å². The number of nitrogens with one attached hydrogen (secondary N) is 1. The van der Waals surface area contributed by atoms with Crippen LogP contribution in [0, 0.1) is 0 Å². The molecule has 1 heterocycles. The van der Waals surface area contributed by atoms with Gasteiger partial charge in [0.15, 0.2) is 12.7 Å². The number of nitrogens with two attached hydrogens (primary N) is 1. The topological polar surface area (TPSA) is 108 Å². The molecule has 0 aliphatic rings. The maximum Gasteiger partial charge on any atom is 0.347 e. The Bertz CT molecular complexity index is 775. The fourth-order valence-electron chi connectivity index (χ4n) is 1.78. The Morgan fingerprint density at radius 3 is 2.56 bits per heavy atom. The largest absolute Gasteiger partial charge is 0.479 e. The summed E-state index contributed by atoms with van der Waals surface area (Å²) in [4.78, 5) is 34.9. The molecule has 25 heavy (non-hydrogen) atoms. The normalized spacial score (nSPS) is 11.4. The minimum atomic E-state index is -0.906. The minimum absolute atomic E-state index is 0.198. The number of ether oxygens (including phenoxy) is 2. The maximum absolute atomic E-state index is 11.9. The van der Waals surface area contributed by atoms with Crippen molar-refractivity contribution in [1.82, 2.24) is 0 Å². The van der Waals surface area contributed by atoms with Crippen molar-refractivity contribution in [2.45, 2.75) is 13.0 Å². The van der Waals surface area contributed by atoms with E-state index in [1.807, 2.05) is 0 Å². The van der Waals surface area contributed by atoms with E-state index in [9.17, 15) is 14.4 Å². The molecular formula is C16H15ClN2O5S. The number of amides is 2. The van der Waals surface area contributed by atoms with Gasteiger partial charge in [0, 0.05) is 5.02 Å². The molecule has 1 atom stereocenters. The lowest BCUT2D eigenvalue weighted by Gasteiger charge is -2.14. The van der Waals surface area contributed by atoms with E-state index in [1.165, 1.54) is 13.0 Å². The van der Waals surface area contributed by atoms with Crippen LogP contribution in [0.25, 0.3) is 0 Å². The minimum Gasteiger partial charge on any atom is -0.479 e. The van der Waals surface area contributed by atoms with E-state index in [-0.39, 0.29) is 5.56 Å². The van der Waals surface area contributed by atoms with E-state index in [4.69, 9.17) is 26.8 Å². The van der Waals surface area contributed by atoms with Gasteiger partial charge in [0.2, 0.25) is 0 Å². The molecule has 7 nitrogen and oxygen atoms in total. The van der Waals surface area contributed by atoms with E-state index in [0.29, 0.717) is 15.8 Å². The van der Waals surface area contributed by atoms with Crippen LogP contribution < -0.4 is 15.8 Å². The number of halogens is 1. The molecule has 0 fully saturated rings.